The second-order valence-corrected chi connectivity index (χ2v) is 3.73. The lowest BCUT2D eigenvalue weighted by atomic mass is 10.3. The van der Waals surface area contributed by atoms with Crippen molar-refractivity contribution in [2.24, 2.45) is 0 Å². The number of aromatic nitrogens is 2. The Bertz CT molecular complexity index is 415. The number of hydrogen-bond donors (Lipinski definition) is 0. The summed E-state index contributed by atoms with van der Waals surface area (Å²) in [7, 11) is 0. The van der Waals surface area contributed by atoms with Gasteiger partial charge in [0.15, 0.2) is 0 Å². The Morgan fingerprint density at radius 3 is 2.53 bits per heavy atom. The van der Waals surface area contributed by atoms with E-state index >= 15 is 0 Å². The molecule has 2 heterocycles. The van der Waals surface area contributed by atoms with Crippen LogP contribution in [0, 0.1) is 6.92 Å². The number of pyridine rings is 1. The topological polar surface area (TPSA) is 17.3 Å². The molecule has 2 heteroatoms. The predicted molar refractivity (Wildman–Crippen MR) is 65.3 cm³/mol. The van der Waals surface area contributed by atoms with E-state index in [-0.39, 0.29) is 0 Å². The third-order valence-corrected chi connectivity index (χ3v) is 2.08. The summed E-state index contributed by atoms with van der Waals surface area (Å²) in [5, 5.41) is 0. The molecule has 0 amide bonds. The van der Waals surface area contributed by atoms with Crippen molar-refractivity contribution >= 4 is 5.52 Å². The van der Waals surface area contributed by atoms with Crippen LogP contribution in [0.25, 0.3) is 5.52 Å². The third kappa shape index (κ3) is 2.82. The first-order valence-corrected chi connectivity index (χ1v) is 5.65. The highest BCUT2D eigenvalue weighted by molar-refractivity contribution is 5.47. The summed E-state index contributed by atoms with van der Waals surface area (Å²) in [5.74, 6) is 1.13. The Labute approximate surface area is 92.0 Å². The van der Waals surface area contributed by atoms with Crippen LogP contribution in [0.2, 0.25) is 0 Å². The van der Waals surface area contributed by atoms with E-state index in [0.29, 0.717) is 0 Å². The highest BCUT2D eigenvalue weighted by Crippen LogP contribution is 2.09. The molecule has 2 aromatic rings. The van der Waals surface area contributed by atoms with Crippen molar-refractivity contribution < 1.29 is 0 Å². The molecule has 15 heavy (non-hydrogen) atoms. The van der Waals surface area contributed by atoms with Gasteiger partial charge in [0.05, 0.1) is 11.7 Å². The highest BCUT2D eigenvalue weighted by Gasteiger charge is 1.99. The molecule has 0 radical (unpaired) electrons. The quantitative estimate of drug-likeness (QED) is 0.693. The Hall–Kier alpha value is -1.31. The molecular formula is C13H20N2. The maximum Gasteiger partial charge on any atom is 0.112 e. The van der Waals surface area contributed by atoms with Crippen molar-refractivity contribution in [3.05, 3.63) is 35.9 Å². The summed E-state index contributed by atoms with van der Waals surface area (Å²) in [6, 6.07) is 4.25. The van der Waals surface area contributed by atoms with Crippen LogP contribution < -0.4 is 0 Å². The second kappa shape index (κ2) is 5.54. The van der Waals surface area contributed by atoms with Crippen LogP contribution in [-0.2, 0) is 6.42 Å². The number of fused-ring (bicyclic) bond motifs is 1. The molecule has 0 unspecified atom stereocenters. The van der Waals surface area contributed by atoms with Gasteiger partial charge in [0.25, 0.3) is 0 Å². The molecule has 0 bridgehead atoms. The van der Waals surface area contributed by atoms with Gasteiger partial charge in [-0.15, -0.1) is 0 Å². The number of rotatable bonds is 1. The van der Waals surface area contributed by atoms with Gasteiger partial charge in [-0.05, 0) is 24.6 Å². The van der Waals surface area contributed by atoms with Gasteiger partial charge in [-0.25, -0.2) is 4.98 Å². The van der Waals surface area contributed by atoms with Gasteiger partial charge in [-0.1, -0.05) is 27.2 Å². The minimum atomic E-state index is 0.983. The Morgan fingerprint density at radius 2 is 1.93 bits per heavy atom. The van der Waals surface area contributed by atoms with Crippen LogP contribution in [-0.4, -0.2) is 9.38 Å². The second-order valence-electron chi connectivity index (χ2n) is 3.73. The number of nitrogens with zero attached hydrogens (tertiary/aromatic N) is 2. The smallest absolute Gasteiger partial charge is 0.112 e. The first-order valence-electron chi connectivity index (χ1n) is 5.65. The largest absolute Gasteiger partial charge is 0.304 e. The van der Waals surface area contributed by atoms with Crippen molar-refractivity contribution in [2.45, 2.75) is 40.5 Å². The molecule has 2 aromatic heterocycles. The van der Waals surface area contributed by atoms with Crippen LogP contribution in [0.4, 0.5) is 0 Å². The molecule has 0 aliphatic rings. The molecule has 0 aromatic carbocycles. The molecule has 0 saturated heterocycles. The van der Waals surface area contributed by atoms with E-state index in [1.54, 1.807) is 0 Å². The van der Waals surface area contributed by atoms with Gasteiger partial charge in [0.1, 0.15) is 5.82 Å². The minimum absolute atomic E-state index is 0.983. The highest BCUT2D eigenvalue weighted by atomic mass is 15.0. The zero-order valence-corrected chi connectivity index (χ0v) is 10.1. The van der Waals surface area contributed by atoms with Crippen molar-refractivity contribution in [3.8, 4) is 0 Å². The van der Waals surface area contributed by atoms with Crippen molar-refractivity contribution in [1.82, 2.24) is 9.38 Å². The number of hydrogen-bond acceptors (Lipinski definition) is 1. The van der Waals surface area contributed by atoms with Crippen molar-refractivity contribution in [1.29, 1.82) is 0 Å². The first kappa shape index (κ1) is 11.8. The van der Waals surface area contributed by atoms with Gasteiger partial charge in [0, 0.05) is 12.6 Å². The molecule has 0 fully saturated rings. The molecule has 0 atom stereocenters. The van der Waals surface area contributed by atoms with E-state index < -0.39 is 0 Å². The molecular weight excluding hydrogens is 184 g/mol. The standard InChI is InChI=1S/C10H12N2.C3H8/c1-3-10-11-7-9-6-8(2)4-5-12(9)10;1-3-2/h4-7H,3H2,1-2H3;3H2,1-2H3. The Balaban J connectivity index is 0.000000337. The van der Waals surface area contributed by atoms with E-state index in [1.807, 2.05) is 6.20 Å². The monoisotopic (exact) mass is 204 g/mol. The van der Waals surface area contributed by atoms with Gasteiger partial charge in [0.2, 0.25) is 0 Å². The molecule has 82 valence electrons. The van der Waals surface area contributed by atoms with Crippen LogP contribution in [0.1, 0.15) is 38.6 Å². The minimum Gasteiger partial charge on any atom is -0.304 e. The summed E-state index contributed by atoms with van der Waals surface area (Å²) in [6.45, 7) is 8.47. The number of aryl methyl sites for hydroxylation is 2. The van der Waals surface area contributed by atoms with E-state index in [2.05, 4.69) is 55.4 Å². The van der Waals surface area contributed by atoms with Gasteiger partial charge < -0.3 is 4.40 Å². The molecule has 0 spiro atoms. The van der Waals surface area contributed by atoms with Gasteiger partial charge in [-0.2, -0.15) is 0 Å². The molecule has 0 aliphatic carbocycles. The average Bonchev–Trinajstić information content (AvgIpc) is 2.61. The van der Waals surface area contributed by atoms with Crippen LogP contribution in [0.3, 0.4) is 0 Å². The van der Waals surface area contributed by atoms with Crippen LogP contribution in [0.15, 0.2) is 24.5 Å². The van der Waals surface area contributed by atoms with E-state index in [9.17, 15) is 0 Å². The van der Waals surface area contributed by atoms with Crippen LogP contribution >= 0.6 is 0 Å². The zero-order valence-electron chi connectivity index (χ0n) is 10.1. The van der Waals surface area contributed by atoms with E-state index in [4.69, 9.17) is 0 Å². The third-order valence-electron chi connectivity index (χ3n) is 2.08. The fourth-order valence-electron chi connectivity index (χ4n) is 1.43. The average molecular weight is 204 g/mol. The fourth-order valence-corrected chi connectivity index (χ4v) is 1.43. The lowest BCUT2D eigenvalue weighted by Crippen LogP contribution is -1.91. The SMILES string of the molecule is CCC.CCc1ncc2cc(C)ccn12. The van der Waals surface area contributed by atoms with Gasteiger partial charge in [-0.3, -0.25) is 0 Å². The van der Waals surface area contributed by atoms with Crippen LogP contribution in [0.5, 0.6) is 0 Å². The molecule has 0 aliphatic heterocycles. The summed E-state index contributed by atoms with van der Waals surface area (Å²) in [5.41, 5.74) is 2.47. The Morgan fingerprint density at radius 1 is 1.27 bits per heavy atom. The Kier molecular flexibility index (Phi) is 4.35. The van der Waals surface area contributed by atoms with Crippen molar-refractivity contribution in [2.75, 3.05) is 0 Å². The maximum absolute atomic E-state index is 4.32. The molecule has 2 rings (SSSR count). The van der Waals surface area contributed by atoms with Crippen molar-refractivity contribution in [3.63, 3.8) is 0 Å². The summed E-state index contributed by atoms with van der Waals surface area (Å²) >= 11 is 0. The lowest BCUT2D eigenvalue weighted by Gasteiger charge is -1.98. The number of imidazole rings is 1. The predicted octanol–water partition coefficient (Wildman–Crippen LogP) is 3.62. The molecule has 0 N–H and O–H groups in total. The van der Waals surface area contributed by atoms with Gasteiger partial charge >= 0.3 is 0 Å². The molecule has 2 nitrogen and oxygen atoms in total. The lowest BCUT2D eigenvalue weighted by molar-refractivity contribution is 0.932. The summed E-state index contributed by atoms with van der Waals surface area (Å²) in [6.07, 6.45) is 6.24. The zero-order chi connectivity index (χ0) is 11.3. The van der Waals surface area contributed by atoms with E-state index in [1.165, 1.54) is 17.5 Å². The normalized spacial score (nSPS) is 9.87. The summed E-state index contributed by atoms with van der Waals surface area (Å²) < 4.78 is 2.13. The summed E-state index contributed by atoms with van der Waals surface area (Å²) in [4.78, 5) is 4.32. The molecule has 0 saturated carbocycles. The fraction of sp³-hybridized carbons (Fsp3) is 0.462. The van der Waals surface area contributed by atoms with E-state index in [0.717, 1.165) is 12.2 Å². The first-order chi connectivity index (χ1) is 7.22. The maximum atomic E-state index is 4.32.